The number of thiol groups is 1. The van der Waals surface area contributed by atoms with E-state index in [4.69, 9.17) is 11.6 Å². The van der Waals surface area contributed by atoms with Gasteiger partial charge in [-0.1, -0.05) is 35.9 Å². The Morgan fingerprint density at radius 2 is 2.00 bits per heavy atom. The highest BCUT2D eigenvalue weighted by atomic mass is 35.5. The lowest BCUT2D eigenvalue weighted by Crippen LogP contribution is -2.41. The minimum absolute atomic E-state index is 0.0141. The lowest BCUT2D eigenvalue weighted by molar-refractivity contribution is 0.0693. The molecule has 1 unspecified atom stereocenters. The zero-order chi connectivity index (χ0) is 20.5. The summed E-state index contributed by atoms with van der Waals surface area (Å²) in [5.74, 6) is -0.543. The topological polar surface area (TPSA) is 84.2 Å². The highest BCUT2D eigenvalue weighted by molar-refractivity contribution is 8.21. The Balaban J connectivity index is 2.10. The maximum atomic E-state index is 13.0. The molecule has 1 aromatic heterocycles. The van der Waals surface area contributed by atoms with Gasteiger partial charge in [0.15, 0.2) is 0 Å². The molecule has 1 atom stereocenters. The number of carbonyl (C=O) groups excluding carboxylic acids is 1. The fourth-order valence-electron chi connectivity index (χ4n) is 2.62. The maximum absolute atomic E-state index is 13.0. The quantitative estimate of drug-likeness (QED) is 0.649. The van der Waals surface area contributed by atoms with Crippen molar-refractivity contribution < 1.29 is 9.90 Å². The second kappa shape index (κ2) is 7.95. The summed E-state index contributed by atoms with van der Waals surface area (Å²) in [6, 6.07) is 8.52. The molecule has 0 aliphatic carbocycles. The molecule has 2 N–H and O–H groups in total. The van der Waals surface area contributed by atoms with Gasteiger partial charge in [-0.2, -0.15) is 9.19 Å². The summed E-state index contributed by atoms with van der Waals surface area (Å²) < 4.78 is 1.38. The third-order valence-corrected chi connectivity index (χ3v) is 6.35. The summed E-state index contributed by atoms with van der Waals surface area (Å²) in [5.41, 5.74) is -0.316. The van der Waals surface area contributed by atoms with Crippen LogP contribution in [0.5, 0.6) is 0 Å². The van der Waals surface area contributed by atoms with Gasteiger partial charge in [-0.05, 0) is 49.3 Å². The van der Waals surface area contributed by atoms with Gasteiger partial charge in [0.1, 0.15) is 5.56 Å². The molecule has 1 amide bonds. The normalized spacial score (nSPS) is 17.5. The number of nitrogens with one attached hydrogen (secondary N) is 1. The molecule has 8 heteroatoms. The fraction of sp³-hybridized carbons (Fsp3) is 0.250. The van der Waals surface area contributed by atoms with Crippen LogP contribution in [-0.4, -0.2) is 32.3 Å². The smallest absolute Gasteiger partial charge is 0.288 e. The Kier molecular flexibility index (Phi) is 5.79. The third kappa shape index (κ3) is 4.55. The van der Waals surface area contributed by atoms with Gasteiger partial charge >= 0.3 is 0 Å². The van der Waals surface area contributed by atoms with E-state index in [-0.39, 0.29) is 12.1 Å². The first-order valence-electron chi connectivity index (χ1n) is 8.71. The van der Waals surface area contributed by atoms with E-state index >= 15 is 0 Å². The van der Waals surface area contributed by atoms with Crippen molar-refractivity contribution in [1.29, 1.82) is 0 Å². The number of carbonyl (C=O) groups is 1. The fourth-order valence-corrected chi connectivity index (χ4v) is 4.39. The Hall–Kier alpha value is -2.35. The Morgan fingerprint density at radius 3 is 2.57 bits per heavy atom. The number of halogens is 1. The molecule has 2 heterocycles. The molecule has 6 nitrogen and oxygen atoms in total. The van der Waals surface area contributed by atoms with Crippen LogP contribution in [0.4, 0.5) is 0 Å². The van der Waals surface area contributed by atoms with Crippen LogP contribution < -0.4 is 10.9 Å². The molecule has 3 rings (SSSR count). The van der Waals surface area contributed by atoms with Crippen molar-refractivity contribution >= 4 is 28.6 Å². The maximum Gasteiger partial charge on any atom is 0.288 e. The number of amides is 1. The van der Waals surface area contributed by atoms with Gasteiger partial charge in [0.05, 0.1) is 11.3 Å². The zero-order valence-corrected chi connectivity index (χ0v) is 17.5. The third-order valence-electron chi connectivity index (χ3n) is 4.09. The van der Waals surface area contributed by atoms with Crippen LogP contribution in [0, 0.1) is 0 Å². The van der Waals surface area contributed by atoms with Crippen LogP contribution >= 0.6 is 22.7 Å². The summed E-state index contributed by atoms with van der Waals surface area (Å²) in [7, 11) is 0. The number of benzene rings is 1. The first kappa shape index (κ1) is 20.4. The molecule has 1 aliphatic rings. The molecule has 2 aromatic rings. The van der Waals surface area contributed by atoms with E-state index in [2.05, 4.69) is 10.4 Å². The van der Waals surface area contributed by atoms with Gasteiger partial charge < -0.3 is 10.4 Å². The predicted octanol–water partition coefficient (Wildman–Crippen LogP) is 3.26. The van der Waals surface area contributed by atoms with Crippen molar-refractivity contribution in [3.05, 3.63) is 73.7 Å². The van der Waals surface area contributed by atoms with Gasteiger partial charge in [-0.3, -0.25) is 9.59 Å². The molecular formula is C20H22ClN3O3S. The average molecular weight is 420 g/mol. The molecule has 0 radical (unpaired) electrons. The van der Waals surface area contributed by atoms with Crippen LogP contribution in [0.1, 0.15) is 31.1 Å². The lowest BCUT2D eigenvalue weighted by Gasteiger charge is -2.20. The standard InChI is InChI=1S/C20H22ClN3O3S/c1-13-5-4-10-28(13)24-19(26)16(18(25)22-12-20(2,3)27)11-17(23-24)14-6-8-15(21)9-7-14/h4-11,27-28H,12H2,1-3H3,(H,22,25). The average Bonchev–Trinajstić information content (AvgIpc) is 3.06. The van der Waals surface area contributed by atoms with Crippen molar-refractivity contribution in [3.63, 3.8) is 0 Å². The van der Waals surface area contributed by atoms with Gasteiger partial charge in [-0.15, -0.1) is 11.1 Å². The van der Waals surface area contributed by atoms with Gasteiger partial charge in [0, 0.05) is 17.1 Å². The van der Waals surface area contributed by atoms with E-state index in [9.17, 15) is 14.7 Å². The summed E-state index contributed by atoms with van der Waals surface area (Å²) in [4.78, 5) is 26.7. The molecule has 0 saturated carbocycles. The van der Waals surface area contributed by atoms with E-state index < -0.39 is 28.1 Å². The Bertz CT molecular complexity index is 1020. The largest absolute Gasteiger partial charge is 0.389 e. The van der Waals surface area contributed by atoms with Crippen molar-refractivity contribution in [3.8, 4) is 11.3 Å². The molecule has 1 aliphatic heterocycles. The first-order valence-corrected chi connectivity index (χ1v) is 10.5. The van der Waals surface area contributed by atoms with Crippen LogP contribution in [-0.2, 0) is 0 Å². The monoisotopic (exact) mass is 419 g/mol. The summed E-state index contributed by atoms with van der Waals surface area (Å²) in [6.07, 6.45) is 3.82. The van der Waals surface area contributed by atoms with E-state index in [1.807, 2.05) is 24.5 Å². The molecule has 148 valence electrons. The van der Waals surface area contributed by atoms with Crippen molar-refractivity contribution in [2.24, 2.45) is 0 Å². The lowest BCUT2D eigenvalue weighted by atomic mass is 10.1. The van der Waals surface area contributed by atoms with E-state index in [0.717, 1.165) is 10.5 Å². The minimum atomic E-state index is -1.09. The molecule has 0 fully saturated rings. The van der Waals surface area contributed by atoms with E-state index in [0.29, 0.717) is 10.7 Å². The number of allylic oxidation sites excluding steroid dienone is 3. The molecule has 0 saturated heterocycles. The molecular weight excluding hydrogens is 398 g/mol. The van der Waals surface area contributed by atoms with Crippen LogP contribution in [0.2, 0.25) is 5.02 Å². The van der Waals surface area contributed by atoms with E-state index in [1.165, 1.54) is 10.2 Å². The highest BCUT2D eigenvalue weighted by Gasteiger charge is 2.22. The summed E-state index contributed by atoms with van der Waals surface area (Å²) in [6.45, 7) is 5.12. The molecule has 1 aromatic carbocycles. The summed E-state index contributed by atoms with van der Waals surface area (Å²) >= 11 is 4.88. The summed E-state index contributed by atoms with van der Waals surface area (Å²) in [5, 5.41) is 19.5. The molecule has 0 spiro atoms. The molecule has 0 bridgehead atoms. The van der Waals surface area contributed by atoms with E-state index in [1.54, 1.807) is 38.1 Å². The number of aliphatic hydroxyl groups is 1. The zero-order valence-electron chi connectivity index (χ0n) is 15.8. The number of hydrogen-bond acceptors (Lipinski definition) is 4. The Labute approximate surface area is 171 Å². The predicted molar refractivity (Wildman–Crippen MR) is 115 cm³/mol. The number of rotatable bonds is 5. The number of aromatic nitrogens is 2. The molecule has 28 heavy (non-hydrogen) atoms. The van der Waals surface area contributed by atoms with Crippen molar-refractivity contribution in [2.75, 3.05) is 6.54 Å². The van der Waals surface area contributed by atoms with Gasteiger partial charge in [-0.25, -0.2) is 0 Å². The second-order valence-corrected chi connectivity index (χ2v) is 9.64. The highest BCUT2D eigenvalue weighted by Crippen LogP contribution is 2.40. The van der Waals surface area contributed by atoms with Gasteiger partial charge in [0.25, 0.3) is 11.5 Å². The van der Waals surface area contributed by atoms with Crippen LogP contribution in [0.15, 0.2) is 57.6 Å². The van der Waals surface area contributed by atoms with Gasteiger partial charge in [0.2, 0.25) is 0 Å². The Morgan fingerprint density at radius 1 is 1.32 bits per heavy atom. The second-order valence-electron chi connectivity index (χ2n) is 7.13. The first-order chi connectivity index (χ1) is 13.2. The van der Waals surface area contributed by atoms with Crippen LogP contribution in [0.3, 0.4) is 0 Å². The minimum Gasteiger partial charge on any atom is -0.389 e. The van der Waals surface area contributed by atoms with Crippen LogP contribution in [0.25, 0.3) is 11.3 Å². The van der Waals surface area contributed by atoms with Crippen molar-refractivity contribution in [1.82, 2.24) is 14.5 Å². The SMILES string of the molecule is CC1=CC=C[SH]1n1nc(-c2ccc(Cl)cc2)cc(C(=O)NCC(C)(C)O)c1=O. The number of nitrogens with zero attached hydrogens (tertiary/aromatic N) is 2. The van der Waals surface area contributed by atoms with Crippen molar-refractivity contribution in [2.45, 2.75) is 26.4 Å². The number of hydrogen-bond donors (Lipinski definition) is 3.